The molecule has 1 aromatic heterocycles. The molecule has 0 saturated heterocycles. The number of amides is 1. The quantitative estimate of drug-likeness (QED) is 0.190. The molecule has 42 heavy (non-hydrogen) atoms. The van der Waals surface area contributed by atoms with Gasteiger partial charge in [-0.25, -0.2) is 8.78 Å². The maximum atomic E-state index is 14.1. The highest BCUT2D eigenvalue weighted by Crippen LogP contribution is 2.81. The predicted octanol–water partition coefficient (Wildman–Crippen LogP) is 7.80. The summed E-state index contributed by atoms with van der Waals surface area (Å²) in [4.78, 5) is 29.7. The van der Waals surface area contributed by atoms with E-state index in [1.54, 1.807) is 18.3 Å². The largest absolute Gasteiger partial charge is 0.481 e. The molecule has 0 radical (unpaired) electrons. The van der Waals surface area contributed by atoms with Crippen molar-refractivity contribution in [3.8, 4) is 11.1 Å². The standard InChI is InChI=1S/C31H23F5N2O3S/c32-18-9-16(10-19(33)11-18)21-5-6-22(26(39)38-30(7-8-30)29-13-28(14-29,15-29)27(40)41)24-23(12-37-25(21)24)42-20-3-1-17(2-4-20)31(34,35)36/h1-6,9-12,37H,7-8,13-15H2,(H,38,39)(H,40,41). The maximum Gasteiger partial charge on any atom is 0.416 e. The lowest BCUT2D eigenvalue weighted by atomic mass is 9.32. The van der Waals surface area contributed by atoms with E-state index in [9.17, 15) is 36.6 Å². The highest BCUT2D eigenvalue weighted by molar-refractivity contribution is 7.99. The average Bonchev–Trinajstić information content (AvgIpc) is 3.50. The molecule has 2 bridgehead atoms. The number of aromatic nitrogens is 1. The lowest BCUT2D eigenvalue weighted by Gasteiger charge is -2.71. The number of carboxylic acid groups (broad SMARTS) is 1. The summed E-state index contributed by atoms with van der Waals surface area (Å²) >= 11 is 1.16. The van der Waals surface area contributed by atoms with E-state index in [4.69, 9.17) is 0 Å². The number of fused-ring (bicyclic) bond motifs is 1. The SMILES string of the molecule is O=C(NC1(C23CC(C(=O)O)(C2)C3)CC1)c1ccc(-c2cc(F)cc(F)c2)c2[nH]cc(Sc3ccc(C(F)(F)F)cc3)c12. The van der Waals surface area contributed by atoms with Crippen LogP contribution in [0, 0.1) is 22.5 Å². The van der Waals surface area contributed by atoms with Crippen LogP contribution in [0.5, 0.6) is 0 Å². The number of nitrogens with one attached hydrogen (secondary N) is 2. The van der Waals surface area contributed by atoms with E-state index in [0.717, 1.165) is 42.8 Å². The van der Waals surface area contributed by atoms with Crippen molar-refractivity contribution in [1.29, 1.82) is 0 Å². The number of carbonyl (C=O) groups excluding carboxylic acids is 1. The smallest absolute Gasteiger partial charge is 0.416 e. The fraction of sp³-hybridized carbons (Fsp3) is 0.290. The molecule has 0 spiro atoms. The van der Waals surface area contributed by atoms with Crippen LogP contribution in [0.15, 0.2) is 70.6 Å². The number of aliphatic carboxylic acids is 1. The Morgan fingerprint density at radius 3 is 2.14 bits per heavy atom. The minimum absolute atomic E-state index is 0.227. The fourth-order valence-electron chi connectivity index (χ4n) is 7.00. The molecule has 11 heteroatoms. The number of hydrogen-bond donors (Lipinski definition) is 3. The van der Waals surface area contributed by atoms with E-state index < -0.39 is 40.3 Å². The molecule has 4 fully saturated rings. The summed E-state index contributed by atoms with van der Waals surface area (Å²) in [5.74, 6) is -2.69. The van der Waals surface area contributed by atoms with E-state index in [2.05, 4.69) is 10.3 Å². The Labute approximate surface area is 240 Å². The average molecular weight is 599 g/mol. The molecule has 1 amide bonds. The fourth-order valence-corrected chi connectivity index (χ4v) is 7.95. The molecule has 4 aliphatic carbocycles. The van der Waals surface area contributed by atoms with Crippen molar-refractivity contribution in [2.45, 2.75) is 53.6 Å². The van der Waals surface area contributed by atoms with Gasteiger partial charge in [-0.3, -0.25) is 9.59 Å². The third kappa shape index (κ3) is 4.04. The first-order chi connectivity index (χ1) is 19.8. The molecule has 3 aromatic carbocycles. The van der Waals surface area contributed by atoms with Gasteiger partial charge in [-0.2, -0.15) is 13.2 Å². The van der Waals surface area contributed by atoms with Crippen molar-refractivity contribution < 1.29 is 36.6 Å². The number of benzene rings is 3. The number of hydrogen-bond acceptors (Lipinski definition) is 3. The van der Waals surface area contributed by atoms with Crippen molar-refractivity contribution in [3.63, 3.8) is 0 Å². The molecule has 1 heterocycles. The minimum atomic E-state index is -4.48. The van der Waals surface area contributed by atoms with E-state index in [1.165, 1.54) is 24.3 Å². The number of aromatic amines is 1. The molecule has 216 valence electrons. The Morgan fingerprint density at radius 1 is 0.929 bits per heavy atom. The van der Waals surface area contributed by atoms with Gasteiger partial charge in [0.2, 0.25) is 0 Å². The zero-order valence-electron chi connectivity index (χ0n) is 21.9. The maximum absolute atomic E-state index is 14.1. The third-order valence-corrected chi connectivity index (χ3v) is 10.3. The van der Waals surface area contributed by atoms with Crippen LogP contribution in [0.4, 0.5) is 22.0 Å². The van der Waals surface area contributed by atoms with Gasteiger partial charge in [0, 0.05) is 44.1 Å². The molecule has 0 aliphatic heterocycles. The van der Waals surface area contributed by atoms with Gasteiger partial charge in [0.25, 0.3) is 5.91 Å². The number of rotatable bonds is 7. The molecule has 4 saturated carbocycles. The van der Waals surface area contributed by atoms with E-state index in [-0.39, 0.29) is 16.9 Å². The number of H-pyrrole nitrogens is 1. The lowest BCUT2D eigenvalue weighted by molar-refractivity contribution is -0.236. The summed E-state index contributed by atoms with van der Waals surface area (Å²) in [6.07, 6.45) is 0.245. The molecule has 0 unspecified atom stereocenters. The lowest BCUT2D eigenvalue weighted by Crippen LogP contribution is -2.73. The third-order valence-electron chi connectivity index (χ3n) is 9.23. The van der Waals surface area contributed by atoms with Gasteiger partial charge in [0.15, 0.2) is 0 Å². The van der Waals surface area contributed by atoms with Crippen LogP contribution in [-0.2, 0) is 11.0 Å². The van der Waals surface area contributed by atoms with Gasteiger partial charge in [-0.15, -0.1) is 0 Å². The minimum Gasteiger partial charge on any atom is -0.481 e. The topological polar surface area (TPSA) is 82.2 Å². The van der Waals surface area contributed by atoms with Crippen molar-refractivity contribution in [2.24, 2.45) is 10.8 Å². The predicted molar refractivity (Wildman–Crippen MR) is 145 cm³/mol. The first-order valence-corrected chi connectivity index (χ1v) is 14.2. The van der Waals surface area contributed by atoms with Crippen molar-refractivity contribution in [1.82, 2.24) is 10.3 Å². The van der Waals surface area contributed by atoms with Crippen molar-refractivity contribution in [2.75, 3.05) is 0 Å². The van der Waals surface area contributed by atoms with Crippen LogP contribution >= 0.6 is 11.8 Å². The van der Waals surface area contributed by atoms with Gasteiger partial charge in [0.05, 0.1) is 16.5 Å². The number of carbonyl (C=O) groups is 2. The van der Waals surface area contributed by atoms with Crippen LogP contribution in [0.3, 0.4) is 0 Å². The summed E-state index contributed by atoms with van der Waals surface area (Å²) in [7, 11) is 0. The van der Waals surface area contributed by atoms with E-state index >= 15 is 0 Å². The second-order valence-corrected chi connectivity index (χ2v) is 12.9. The molecule has 4 aliphatic rings. The molecule has 3 N–H and O–H groups in total. The van der Waals surface area contributed by atoms with E-state index in [1.807, 2.05) is 0 Å². The molecule has 5 nitrogen and oxygen atoms in total. The summed E-state index contributed by atoms with van der Waals surface area (Å²) in [6, 6.07) is 11.0. The highest BCUT2D eigenvalue weighted by Gasteiger charge is 2.81. The second kappa shape index (κ2) is 8.82. The van der Waals surface area contributed by atoms with Crippen molar-refractivity contribution in [3.05, 3.63) is 83.6 Å². The summed E-state index contributed by atoms with van der Waals surface area (Å²) in [6.45, 7) is 0. The van der Waals surface area contributed by atoms with Gasteiger partial charge in [-0.1, -0.05) is 17.8 Å². The summed E-state index contributed by atoms with van der Waals surface area (Å²) in [5, 5.41) is 13.2. The zero-order valence-corrected chi connectivity index (χ0v) is 22.7. The Hall–Kier alpha value is -3.86. The molecule has 8 rings (SSSR count). The van der Waals surface area contributed by atoms with Crippen LogP contribution in [-0.4, -0.2) is 27.5 Å². The van der Waals surface area contributed by atoms with Crippen LogP contribution in [0.25, 0.3) is 22.0 Å². The van der Waals surface area contributed by atoms with Gasteiger partial charge in [-0.05, 0) is 85.5 Å². The normalized spacial score (nSPS) is 23.6. The van der Waals surface area contributed by atoms with Gasteiger partial charge in [0.1, 0.15) is 11.6 Å². The molecular formula is C31H23F5N2O3S. The van der Waals surface area contributed by atoms with Crippen LogP contribution in [0.1, 0.15) is 48.0 Å². The Balaban J connectivity index is 1.27. The molecular weight excluding hydrogens is 575 g/mol. The number of halogens is 5. The van der Waals surface area contributed by atoms with Gasteiger partial charge < -0.3 is 15.4 Å². The van der Waals surface area contributed by atoms with E-state index in [0.29, 0.717) is 51.1 Å². The Morgan fingerprint density at radius 2 is 1.57 bits per heavy atom. The second-order valence-electron chi connectivity index (χ2n) is 11.8. The molecule has 4 aromatic rings. The summed E-state index contributed by atoms with van der Waals surface area (Å²) in [5.41, 5.74) is -0.721. The van der Waals surface area contributed by atoms with Crippen LogP contribution < -0.4 is 5.32 Å². The molecule has 0 atom stereocenters. The number of carboxylic acids is 1. The number of alkyl halides is 3. The van der Waals surface area contributed by atoms with Crippen LogP contribution in [0.2, 0.25) is 0 Å². The first-order valence-electron chi connectivity index (χ1n) is 13.4. The summed E-state index contributed by atoms with van der Waals surface area (Å²) < 4.78 is 67.5. The Bertz CT molecular complexity index is 1750. The van der Waals surface area contributed by atoms with Crippen molar-refractivity contribution >= 4 is 34.5 Å². The zero-order chi connectivity index (χ0) is 29.7. The van der Waals surface area contributed by atoms with Gasteiger partial charge >= 0.3 is 12.1 Å². The monoisotopic (exact) mass is 598 g/mol. The highest BCUT2D eigenvalue weighted by atomic mass is 32.2. The Kier molecular flexibility index (Phi) is 5.67. The first kappa shape index (κ1) is 27.0.